The van der Waals surface area contributed by atoms with Crippen LogP contribution in [0.4, 0.5) is 0 Å². The lowest BCUT2D eigenvalue weighted by Gasteiger charge is -2.05. The van der Waals surface area contributed by atoms with Crippen LogP contribution < -0.4 is 14.2 Å². The zero-order valence-electron chi connectivity index (χ0n) is 16.6. The summed E-state index contributed by atoms with van der Waals surface area (Å²) in [5.74, 6) is 3.16. The maximum Gasteiger partial charge on any atom is 0.277 e. The number of nitrogens with zero attached hydrogens (tertiary/aromatic N) is 3. The van der Waals surface area contributed by atoms with Gasteiger partial charge in [-0.1, -0.05) is 23.9 Å². The minimum atomic E-state index is 0.407. The predicted octanol–water partition coefficient (Wildman–Crippen LogP) is 5.18. The minimum absolute atomic E-state index is 0.407. The molecule has 0 amide bonds. The third-order valence-electron chi connectivity index (χ3n) is 4.22. The van der Waals surface area contributed by atoms with Crippen LogP contribution in [0.25, 0.3) is 22.0 Å². The number of hydrogen-bond acceptors (Lipinski definition) is 9. The Bertz CT molecular complexity index is 1120. The summed E-state index contributed by atoms with van der Waals surface area (Å²) in [6, 6.07) is 13.3. The van der Waals surface area contributed by atoms with E-state index in [1.54, 1.807) is 38.7 Å². The highest BCUT2D eigenvalue weighted by atomic mass is 32.2. The Hall–Kier alpha value is -3.04. The van der Waals surface area contributed by atoms with Gasteiger partial charge in [-0.05, 0) is 24.3 Å². The summed E-state index contributed by atoms with van der Waals surface area (Å²) in [5.41, 5.74) is 2.72. The summed E-state index contributed by atoms with van der Waals surface area (Å²) >= 11 is 3.03. The normalized spacial score (nSPS) is 10.8. The van der Waals surface area contributed by atoms with Gasteiger partial charge in [0.05, 0.1) is 27.0 Å². The van der Waals surface area contributed by atoms with Crippen LogP contribution in [0.2, 0.25) is 0 Å². The Morgan fingerprint density at radius 2 is 1.63 bits per heavy atom. The lowest BCUT2D eigenvalue weighted by atomic mass is 10.2. The van der Waals surface area contributed by atoms with Gasteiger partial charge < -0.3 is 18.6 Å². The molecule has 0 saturated carbocycles. The fourth-order valence-electron chi connectivity index (χ4n) is 2.71. The zero-order chi connectivity index (χ0) is 20.9. The molecular formula is C21H19N3O4S2. The molecule has 0 aliphatic carbocycles. The van der Waals surface area contributed by atoms with Gasteiger partial charge in [-0.2, -0.15) is 0 Å². The quantitative estimate of drug-likeness (QED) is 0.346. The number of thioether (sulfide) groups is 1. The van der Waals surface area contributed by atoms with Crippen LogP contribution in [-0.4, -0.2) is 36.5 Å². The van der Waals surface area contributed by atoms with Crippen LogP contribution in [0.15, 0.2) is 57.5 Å². The molecule has 2 aromatic carbocycles. The average molecular weight is 442 g/mol. The summed E-state index contributed by atoms with van der Waals surface area (Å²) in [7, 11) is 4.85. The van der Waals surface area contributed by atoms with Gasteiger partial charge in [0.25, 0.3) is 5.22 Å². The predicted molar refractivity (Wildman–Crippen MR) is 117 cm³/mol. The maximum absolute atomic E-state index is 5.80. The van der Waals surface area contributed by atoms with Crippen molar-refractivity contribution >= 4 is 23.1 Å². The summed E-state index contributed by atoms with van der Waals surface area (Å²) < 4.78 is 21.7. The van der Waals surface area contributed by atoms with Crippen LogP contribution >= 0.6 is 23.1 Å². The summed E-state index contributed by atoms with van der Waals surface area (Å²) in [4.78, 5) is 4.70. The molecule has 0 bridgehead atoms. The van der Waals surface area contributed by atoms with Crippen molar-refractivity contribution in [3.05, 3.63) is 53.5 Å². The third-order valence-corrected chi connectivity index (χ3v) is 6.01. The van der Waals surface area contributed by atoms with Crippen LogP contribution in [0.1, 0.15) is 5.69 Å². The first-order chi connectivity index (χ1) is 14.7. The van der Waals surface area contributed by atoms with Gasteiger partial charge in [0.15, 0.2) is 0 Å². The lowest BCUT2D eigenvalue weighted by Crippen LogP contribution is -1.88. The smallest absolute Gasteiger partial charge is 0.277 e. The number of methoxy groups -OCH3 is 3. The first-order valence-corrected chi connectivity index (χ1v) is 10.8. The van der Waals surface area contributed by atoms with Crippen LogP contribution in [0.5, 0.6) is 17.2 Å². The first-order valence-electron chi connectivity index (χ1n) is 8.97. The number of rotatable bonds is 8. The van der Waals surface area contributed by atoms with Crippen LogP contribution in [-0.2, 0) is 5.75 Å². The Morgan fingerprint density at radius 3 is 2.37 bits per heavy atom. The van der Waals surface area contributed by atoms with E-state index in [2.05, 4.69) is 10.2 Å². The molecule has 9 heteroatoms. The minimum Gasteiger partial charge on any atom is -0.497 e. The second kappa shape index (κ2) is 9.19. The van der Waals surface area contributed by atoms with Crippen molar-refractivity contribution < 1.29 is 18.6 Å². The van der Waals surface area contributed by atoms with E-state index in [4.69, 9.17) is 23.6 Å². The van der Waals surface area contributed by atoms with Gasteiger partial charge in [-0.25, -0.2) is 4.98 Å². The highest BCUT2D eigenvalue weighted by Crippen LogP contribution is 2.32. The van der Waals surface area contributed by atoms with Gasteiger partial charge in [0.1, 0.15) is 22.3 Å². The van der Waals surface area contributed by atoms with Crippen LogP contribution in [0, 0.1) is 0 Å². The van der Waals surface area contributed by atoms with E-state index in [0.717, 1.165) is 27.6 Å². The molecule has 0 unspecified atom stereocenters. The van der Waals surface area contributed by atoms with Crippen molar-refractivity contribution in [3.63, 3.8) is 0 Å². The van der Waals surface area contributed by atoms with Gasteiger partial charge in [-0.3, -0.25) is 0 Å². The summed E-state index contributed by atoms with van der Waals surface area (Å²) in [5, 5.41) is 11.7. The van der Waals surface area contributed by atoms with Crippen molar-refractivity contribution in [3.8, 4) is 39.3 Å². The zero-order valence-corrected chi connectivity index (χ0v) is 18.3. The number of aromatic nitrogens is 3. The maximum atomic E-state index is 5.80. The molecule has 30 heavy (non-hydrogen) atoms. The van der Waals surface area contributed by atoms with Gasteiger partial charge in [0.2, 0.25) is 5.89 Å². The van der Waals surface area contributed by atoms with Crippen molar-refractivity contribution in [2.45, 2.75) is 11.0 Å². The summed E-state index contributed by atoms with van der Waals surface area (Å²) in [6.07, 6.45) is 0. The standard InChI is InChI=1S/C21H19N3O4S2/c1-25-16-6-4-5-13(7-16)20-22-15(11-29-20)12-30-21-24-23-19(28-21)14-8-17(26-2)10-18(9-14)27-3/h4-11H,12H2,1-3H3. The molecule has 2 heterocycles. The molecule has 0 N–H and O–H groups in total. The van der Waals surface area contributed by atoms with Gasteiger partial charge in [-0.15, -0.1) is 21.5 Å². The van der Waals surface area contributed by atoms with E-state index >= 15 is 0 Å². The number of hydrogen-bond donors (Lipinski definition) is 0. The molecule has 0 saturated heterocycles. The highest BCUT2D eigenvalue weighted by molar-refractivity contribution is 7.98. The average Bonchev–Trinajstić information content (AvgIpc) is 3.47. The molecule has 0 fully saturated rings. The molecule has 0 aliphatic heterocycles. The molecule has 2 aromatic heterocycles. The Balaban J connectivity index is 1.45. The molecule has 4 rings (SSSR count). The number of thiazole rings is 1. The number of benzene rings is 2. The van der Waals surface area contributed by atoms with Gasteiger partial charge >= 0.3 is 0 Å². The first kappa shape index (κ1) is 20.2. The topological polar surface area (TPSA) is 79.5 Å². The monoisotopic (exact) mass is 441 g/mol. The van der Waals surface area contributed by atoms with E-state index in [1.165, 1.54) is 11.8 Å². The van der Waals surface area contributed by atoms with E-state index in [0.29, 0.717) is 28.4 Å². The van der Waals surface area contributed by atoms with Crippen LogP contribution in [0.3, 0.4) is 0 Å². The number of ether oxygens (including phenoxy) is 3. The fourth-order valence-corrected chi connectivity index (χ4v) is 4.29. The van der Waals surface area contributed by atoms with E-state index in [9.17, 15) is 0 Å². The molecule has 4 aromatic rings. The Morgan fingerprint density at radius 1 is 0.900 bits per heavy atom. The van der Waals surface area contributed by atoms with E-state index < -0.39 is 0 Å². The molecule has 0 atom stereocenters. The molecular weight excluding hydrogens is 422 g/mol. The molecule has 7 nitrogen and oxygen atoms in total. The third kappa shape index (κ3) is 4.58. The van der Waals surface area contributed by atoms with Crippen molar-refractivity contribution in [1.29, 1.82) is 0 Å². The lowest BCUT2D eigenvalue weighted by molar-refractivity contribution is 0.394. The summed E-state index contributed by atoms with van der Waals surface area (Å²) in [6.45, 7) is 0. The molecule has 154 valence electrons. The largest absolute Gasteiger partial charge is 0.497 e. The Labute approximate surface area is 182 Å². The molecule has 0 aliphatic rings. The molecule has 0 radical (unpaired) electrons. The van der Waals surface area contributed by atoms with E-state index in [-0.39, 0.29) is 0 Å². The SMILES string of the molecule is COc1cc(OC)cc(-c2nnc(SCc3csc(-c4cccc(OC)c4)n3)o2)c1. The van der Waals surface area contributed by atoms with Crippen molar-refractivity contribution in [2.24, 2.45) is 0 Å². The molecule has 0 spiro atoms. The second-order valence-corrected chi connectivity index (χ2v) is 7.92. The highest BCUT2D eigenvalue weighted by Gasteiger charge is 2.13. The second-order valence-electron chi connectivity index (χ2n) is 6.14. The fraction of sp³-hybridized carbons (Fsp3) is 0.190. The Kier molecular flexibility index (Phi) is 6.20. The van der Waals surface area contributed by atoms with Crippen molar-refractivity contribution in [2.75, 3.05) is 21.3 Å². The van der Waals surface area contributed by atoms with Gasteiger partial charge in [0, 0.05) is 28.3 Å². The van der Waals surface area contributed by atoms with Crippen molar-refractivity contribution in [1.82, 2.24) is 15.2 Å². The van der Waals surface area contributed by atoms with E-state index in [1.807, 2.05) is 41.8 Å².